The molecule has 2 aliphatic rings. The summed E-state index contributed by atoms with van der Waals surface area (Å²) in [6.07, 6.45) is 12.8. The second kappa shape index (κ2) is 11.7. The quantitative estimate of drug-likeness (QED) is 0.255. The lowest BCUT2D eigenvalue weighted by Gasteiger charge is -2.44. The number of halogens is 1. The molecule has 0 aromatic carbocycles. The van der Waals surface area contributed by atoms with Gasteiger partial charge in [0, 0.05) is 32.7 Å². The summed E-state index contributed by atoms with van der Waals surface area (Å²) in [6, 6.07) is 0. The third kappa shape index (κ3) is 8.29. The van der Waals surface area contributed by atoms with Crippen molar-refractivity contribution in [2.75, 3.05) is 39.0 Å². The highest BCUT2D eigenvalue weighted by Crippen LogP contribution is 2.42. The van der Waals surface area contributed by atoms with Gasteiger partial charge in [-0.05, 0) is 44.4 Å². The lowest BCUT2D eigenvalue weighted by atomic mass is 9.74. The Morgan fingerprint density at radius 1 is 1.12 bits per heavy atom. The van der Waals surface area contributed by atoms with Crippen molar-refractivity contribution in [3.63, 3.8) is 0 Å². The summed E-state index contributed by atoms with van der Waals surface area (Å²) in [5, 5.41) is 3.43. The fraction of sp³-hybridized carbons (Fsp3) is 0.944. The molecule has 1 saturated carbocycles. The van der Waals surface area contributed by atoms with E-state index in [1.54, 1.807) is 0 Å². The van der Waals surface area contributed by atoms with Gasteiger partial charge in [0.1, 0.15) is 0 Å². The molecule has 0 amide bonds. The zero-order chi connectivity index (χ0) is 18.2. The summed E-state index contributed by atoms with van der Waals surface area (Å²) in [5.74, 6) is 1.00. The molecule has 1 heterocycles. The van der Waals surface area contributed by atoms with Crippen molar-refractivity contribution >= 4 is 40.0 Å². The smallest absolute Gasteiger partial charge is 0.208 e. The summed E-state index contributed by atoms with van der Waals surface area (Å²) >= 11 is 0. The van der Waals surface area contributed by atoms with Crippen LogP contribution in [-0.4, -0.2) is 58.3 Å². The maximum absolute atomic E-state index is 11.1. The van der Waals surface area contributed by atoms with Gasteiger partial charge in [0.05, 0.1) is 6.26 Å². The molecule has 1 spiro atoms. The highest BCUT2D eigenvalue weighted by Gasteiger charge is 2.36. The molecule has 26 heavy (non-hydrogen) atoms. The Kier molecular flexibility index (Phi) is 10.8. The molecule has 0 bridgehead atoms. The minimum Gasteiger partial charge on any atom is -0.357 e. The third-order valence-corrected chi connectivity index (χ3v) is 6.15. The van der Waals surface area contributed by atoms with Crippen molar-refractivity contribution < 1.29 is 8.42 Å². The van der Waals surface area contributed by atoms with E-state index in [-0.39, 0.29) is 24.0 Å². The Labute approximate surface area is 177 Å². The average Bonchev–Trinajstić information content (AvgIpc) is 2.78. The van der Waals surface area contributed by atoms with E-state index in [0.717, 1.165) is 32.0 Å². The molecule has 0 aromatic rings. The third-order valence-electron chi connectivity index (χ3n) is 5.42. The van der Waals surface area contributed by atoms with Gasteiger partial charge in [0.15, 0.2) is 5.96 Å². The molecule has 0 unspecified atom stereocenters. The van der Waals surface area contributed by atoms with Crippen LogP contribution in [0.25, 0.3) is 0 Å². The standard InChI is InChI=1S/C18H36N4O2S.HI/c1-3-19-17(20-13-9-14-21-25(2,23)24)22-15-8-12-18(16-22)10-6-4-5-7-11-18;/h21H,3-16H2,1-2H3,(H,19,20);1H. The first kappa shape index (κ1) is 23.9. The summed E-state index contributed by atoms with van der Waals surface area (Å²) in [4.78, 5) is 7.20. The van der Waals surface area contributed by atoms with Crippen molar-refractivity contribution in [2.24, 2.45) is 10.4 Å². The molecule has 0 radical (unpaired) electrons. The van der Waals surface area contributed by atoms with Crippen molar-refractivity contribution in [3.8, 4) is 0 Å². The molecule has 6 nitrogen and oxygen atoms in total. The summed E-state index contributed by atoms with van der Waals surface area (Å²) in [7, 11) is -3.10. The van der Waals surface area contributed by atoms with Crippen LogP contribution in [0.1, 0.15) is 64.7 Å². The van der Waals surface area contributed by atoms with E-state index >= 15 is 0 Å². The average molecular weight is 500 g/mol. The van der Waals surface area contributed by atoms with E-state index in [9.17, 15) is 8.42 Å². The van der Waals surface area contributed by atoms with Gasteiger partial charge in [-0.3, -0.25) is 4.99 Å². The number of nitrogens with one attached hydrogen (secondary N) is 2. The molecular weight excluding hydrogens is 463 g/mol. The molecule has 2 rings (SSSR count). The van der Waals surface area contributed by atoms with Crippen LogP contribution in [0.5, 0.6) is 0 Å². The Morgan fingerprint density at radius 3 is 2.38 bits per heavy atom. The Morgan fingerprint density at radius 2 is 1.77 bits per heavy atom. The first-order chi connectivity index (χ1) is 11.9. The van der Waals surface area contributed by atoms with E-state index in [0.29, 0.717) is 18.5 Å². The minimum absolute atomic E-state index is 0. The van der Waals surface area contributed by atoms with Crippen molar-refractivity contribution in [3.05, 3.63) is 0 Å². The van der Waals surface area contributed by atoms with Crippen LogP contribution >= 0.6 is 24.0 Å². The number of rotatable bonds is 6. The number of hydrogen-bond donors (Lipinski definition) is 2. The van der Waals surface area contributed by atoms with E-state index in [1.165, 1.54) is 57.6 Å². The van der Waals surface area contributed by atoms with E-state index in [4.69, 9.17) is 4.99 Å². The largest absolute Gasteiger partial charge is 0.357 e. The van der Waals surface area contributed by atoms with E-state index in [2.05, 4.69) is 21.9 Å². The molecule has 1 aliphatic carbocycles. The van der Waals surface area contributed by atoms with Crippen molar-refractivity contribution in [1.82, 2.24) is 14.9 Å². The number of aliphatic imine (C=N–C) groups is 1. The second-order valence-electron chi connectivity index (χ2n) is 7.70. The monoisotopic (exact) mass is 500 g/mol. The van der Waals surface area contributed by atoms with Crippen molar-refractivity contribution in [2.45, 2.75) is 64.7 Å². The maximum Gasteiger partial charge on any atom is 0.208 e. The predicted molar refractivity (Wildman–Crippen MR) is 120 cm³/mol. The Balaban J connectivity index is 0.00000338. The topological polar surface area (TPSA) is 73.8 Å². The Hall–Kier alpha value is -0.0900. The van der Waals surface area contributed by atoms with Gasteiger partial charge in [0.2, 0.25) is 10.0 Å². The van der Waals surface area contributed by atoms with Gasteiger partial charge in [-0.2, -0.15) is 0 Å². The number of nitrogens with zero attached hydrogens (tertiary/aromatic N) is 2. The van der Waals surface area contributed by atoms with Gasteiger partial charge in [-0.15, -0.1) is 24.0 Å². The van der Waals surface area contributed by atoms with Gasteiger partial charge in [-0.1, -0.05) is 25.7 Å². The van der Waals surface area contributed by atoms with Crippen LogP contribution in [0.3, 0.4) is 0 Å². The molecule has 1 saturated heterocycles. The molecule has 0 aromatic heterocycles. The number of hydrogen-bond acceptors (Lipinski definition) is 3. The second-order valence-corrected chi connectivity index (χ2v) is 9.53. The SMILES string of the molecule is CCNC(=NCCCNS(C)(=O)=O)N1CCCC2(CCCCCC2)C1.I. The summed E-state index contributed by atoms with van der Waals surface area (Å²) in [5.41, 5.74) is 0.489. The summed E-state index contributed by atoms with van der Waals surface area (Å²) in [6.45, 7) is 6.27. The van der Waals surface area contributed by atoms with E-state index < -0.39 is 10.0 Å². The molecule has 2 N–H and O–H groups in total. The zero-order valence-electron chi connectivity index (χ0n) is 16.4. The van der Waals surface area contributed by atoms with Crippen molar-refractivity contribution in [1.29, 1.82) is 0 Å². The zero-order valence-corrected chi connectivity index (χ0v) is 19.6. The lowest BCUT2D eigenvalue weighted by Crippen LogP contribution is -2.50. The predicted octanol–water partition coefficient (Wildman–Crippen LogP) is 2.95. The Bertz CT molecular complexity index is 531. The fourth-order valence-corrected chi connectivity index (χ4v) is 4.74. The normalized spacial score (nSPS) is 21.2. The van der Waals surface area contributed by atoms with Crippen LogP contribution in [0, 0.1) is 5.41 Å². The molecule has 8 heteroatoms. The number of likely N-dealkylation sites (tertiary alicyclic amines) is 1. The van der Waals surface area contributed by atoms with E-state index in [1.807, 2.05) is 0 Å². The fourth-order valence-electron chi connectivity index (χ4n) is 4.22. The first-order valence-electron chi connectivity index (χ1n) is 9.92. The number of piperidine rings is 1. The van der Waals surface area contributed by atoms with Crippen LogP contribution in [0.15, 0.2) is 4.99 Å². The van der Waals surface area contributed by atoms with Crippen LogP contribution < -0.4 is 10.0 Å². The molecule has 154 valence electrons. The number of sulfonamides is 1. The highest BCUT2D eigenvalue weighted by molar-refractivity contribution is 14.0. The van der Waals surface area contributed by atoms with Gasteiger partial charge < -0.3 is 10.2 Å². The van der Waals surface area contributed by atoms with Crippen LogP contribution in [0.4, 0.5) is 0 Å². The molecule has 0 atom stereocenters. The highest BCUT2D eigenvalue weighted by atomic mass is 127. The molecular formula is C18H37IN4O2S. The maximum atomic E-state index is 11.1. The van der Waals surface area contributed by atoms with Crippen LogP contribution in [0.2, 0.25) is 0 Å². The molecule has 2 fully saturated rings. The summed E-state index contributed by atoms with van der Waals surface area (Å²) < 4.78 is 24.8. The minimum atomic E-state index is -3.10. The lowest BCUT2D eigenvalue weighted by molar-refractivity contribution is 0.115. The van der Waals surface area contributed by atoms with Gasteiger partial charge >= 0.3 is 0 Å². The number of guanidine groups is 1. The molecule has 1 aliphatic heterocycles. The first-order valence-corrected chi connectivity index (χ1v) is 11.8. The van der Waals surface area contributed by atoms with Crippen LogP contribution in [-0.2, 0) is 10.0 Å². The van der Waals surface area contributed by atoms with Gasteiger partial charge in [0.25, 0.3) is 0 Å². The van der Waals surface area contributed by atoms with Gasteiger partial charge in [-0.25, -0.2) is 13.1 Å².